The summed E-state index contributed by atoms with van der Waals surface area (Å²) in [6.07, 6.45) is 5.36. The fourth-order valence-electron chi connectivity index (χ4n) is 2.43. The number of ether oxygens (including phenoxy) is 1. The van der Waals surface area contributed by atoms with Crippen LogP contribution in [-0.2, 0) is 9.53 Å². The highest BCUT2D eigenvalue weighted by Gasteiger charge is 2.42. The Morgan fingerprint density at radius 1 is 1.53 bits per heavy atom. The molecule has 1 aliphatic rings. The Bertz CT molecular complexity index is 248. The SMILES string of the molecule is CCCSC1CCCC(NC)(C(=O)OCC)C1. The van der Waals surface area contributed by atoms with Gasteiger partial charge < -0.3 is 10.1 Å². The maximum atomic E-state index is 12.1. The molecule has 0 aromatic rings. The van der Waals surface area contributed by atoms with Crippen molar-refractivity contribution in [3.63, 3.8) is 0 Å². The van der Waals surface area contributed by atoms with E-state index in [-0.39, 0.29) is 5.97 Å². The second kappa shape index (κ2) is 7.27. The molecule has 100 valence electrons. The number of likely N-dealkylation sites (N-methyl/N-ethyl adjacent to an activating group) is 1. The Balaban J connectivity index is 2.61. The smallest absolute Gasteiger partial charge is 0.326 e. The molecule has 0 aliphatic heterocycles. The Labute approximate surface area is 109 Å². The molecule has 2 atom stereocenters. The van der Waals surface area contributed by atoms with Gasteiger partial charge in [-0.2, -0.15) is 11.8 Å². The largest absolute Gasteiger partial charge is 0.465 e. The fraction of sp³-hybridized carbons (Fsp3) is 0.923. The standard InChI is InChI=1S/C13H25NO2S/c1-4-9-17-11-7-6-8-13(10-11,14-3)12(15)16-5-2/h11,14H,4-10H2,1-3H3. The Hall–Kier alpha value is -0.220. The zero-order chi connectivity index (χ0) is 12.7. The Morgan fingerprint density at radius 2 is 2.29 bits per heavy atom. The number of thioether (sulfide) groups is 1. The number of carbonyl (C=O) groups excluding carboxylic acids is 1. The van der Waals surface area contributed by atoms with Crippen LogP contribution in [0.4, 0.5) is 0 Å². The maximum absolute atomic E-state index is 12.1. The molecule has 0 aromatic carbocycles. The van der Waals surface area contributed by atoms with Gasteiger partial charge >= 0.3 is 5.97 Å². The van der Waals surface area contributed by atoms with Crippen LogP contribution in [0.2, 0.25) is 0 Å². The van der Waals surface area contributed by atoms with E-state index in [2.05, 4.69) is 12.2 Å². The first-order chi connectivity index (χ1) is 8.18. The van der Waals surface area contributed by atoms with Gasteiger partial charge in [-0.15, -0.1) is 0 Å². The van der Waals surface area contributed by atoms with Crippen LogP contribution in [0.5, 0.6) is 0 Å². The van der Waals surface area contributed by atoms with Crippen molar-refractivity contribution < 1.29 is 9.53 Å². The van der Waals surface area contributed by atoms with E-state index in [9.17, 15) is 4.79 Å². The van der Waals surface area contributed by atoms with E-state index in [1.165, 1.54) is 18.6 Å². The van der Waals surface area contributed by atoms with Gasteiger partial charge in [0.15, 0.2) is 0 Å². The second-order valence-corrected chi connectivity index (χ2v) is 6.05. The molecular formula is C13H25NO2S. The summed E-state index contributed by atoms with van der Waals surface area (Å²) in [6.45, 7) is 4.54. The summed E-state index contributed by atoms with van der Waals surface area (Å²) in [7, 11) is 1.88. The van der Waals surface area contributed by atoms with Gasteiger partial charge in [-0.05, 0) is 51.8 Å². The van der Waals surface area contributed by atoms with Crippen molar-refractivity contribution in [2.75, 3.05) is 19.4 Å². The van der Waals surface area contributed by atoms with E-state index in [1.807, 2.05) is 25.7 Å². The number of hydrogen-bond acceptors (Lipinski definition) is 4. The van der Waals surface area contributed by atoms with E-state index < -0.39 is 5.54 Å². The van der Waals surface area contributed by atoms with E-state index in [1.54, 1.807) is 0 Å². The van der Waals surface area contributed by atoms with Gasteiger partial charge in [-0.1, -0.05) is 6.92 Å². The molecule has 0 amide bonds. The van der Waals surface area contributed by atoms with Crippen LogP contribution in [0.25, 0.3) is 0 Å². The first kappa shape index (κ1) is 14.8. The summed E-state index contributed by atoms with van der Waals surface area (Å²) in [4.78, 5) is 12.1. The lowest BCUT2D eigenvalue weighted by molar-refractivity contribution is -0.152. The number of hydrogen-bond donors (Lipinski definition) is 1. The topological polar surface area (TPSA) is 38.3 Å². The van der Waals surface area contributed by atoms with Crippen molar-refractivity contribution in [3.05, 3.63) is 0 Å². The third kappa shape index (κ3) is 3.88. The first-order valence-electron chi connectivity index (χ1n) is 6.66. The highest BCUT2D eigenvalue weighted by atomic mass is 32.2. The number of nitrogens with one attached hydrogen (secondary N) is 1. The number of carbonyl (C=O) groups is 1. The maximum Gasteiger partial charge on any atom is 0.326 e. The van der Waals surface area contributed by atoms with Crippen LogP contribution >= 0.6 is 11.8 Å². The predicted octanol–water partition coefficient (Wildman–Crippen LogP) is 2.59. The highest BCUT2D eigenvalue weighted by Crippen LogP contribution is 2.35. The molecule has 17 heavy (non-hydrogen) atoms. The molecule has 0 radical (unpaired) electrons. The van der Waals surface area contributed by atoms with Crippen molar-refractivity contribution in [3.8, 4) is 0 Å². The van der Waals surface area contributed by atoms with E-state index in [4.69, 9.17) is 4.74 Å². The van der Waals surface area contributed by atoms with E-state index >= 15 is 0 Å². The van der Waals surface area contributed by atoms with Crippen LogP contribution < -0.4 is 5.32 Å². The quantitative estimate of drug-likeness (QED) is 0.744. The average molecular weight is 259 g/mol. The third-order valence-corrected chi connectivity index (χ3v) is 4.93. The summed E-state index contributed by atoms with van der Waals surface area (Å²) >= 11 is 2.00. The molecule has 1 N–H and O–H groups in total. The summed E-state index contributed by atoms with van der Waals surface area (Å²) in [5.74, 6) is 1.12. The normalized spacial score (nSPS) is 29.0. The van der Waals surface area contributed by atoms with Gasteiger partial charge in [0.25, 0.3) is 0 Å². The van der Waals surface area contributed by atoms with Gasteiger partial charge in [0, 0.05) is 5.25 Å². The lowest BCUT2D eigenvalue weighted by atomic mass is 9.81. The van der Waals surface area contributed by atoms with Crippen LogP contribution in [0.1, 0.15) is 46.0 Å². The second-order valence-electron chi connectivity index (χ2n) is 4.64. The molecule has 1 aliphatic carbocycles. The number of rotatable bonds is 6. The lowest BCUT2D eigenvalue weighted by Crippen LogP contribution is -2.54. The molecule has 0 saturated heterocycles. The van der Waals surface area contributed by atoms with Gasteiger partial charge in [-0.25, -0.2) is 0 Å². The van der Waals surface area contributed by atoms with Crippen molar-refractivity contribution in [2.45, 2.75) is 56.7 Å². The Morgan fingerprint density at radius 3 is 2.88 bits per heavy atom. The average Bonchev–Trinajstić information content (AvgIpc) is 2.36. The van der Waals surface area contributed by atoms with Crippen LogP contribution in [-0.4, -0.2) is 36.2 Å². The summed E-state index contributed by atoms with van der Waals surface area (Å²) in [5, 5.41) is 3.82. The Kier molecular flexibility index (Phi) is 6.34. The monoisotopic (exact) mass is 259 g/mol. The number of esters is 1. The third-order valence-electron chi connectivity index (χ3n) is 3.41. The highest BCUT2D eigenvalue weighted by molar-refractivity contribution is 7.99. The lowest BCUT2D eigenvalue weighted by Gasteiger charge is -2.38. The molecule has 1 rings (SSSR count). The molecule has 4 heteroatoms. The van der Waals surface area contributed by atoms with Gasteiger partial charge in [0.2, 0.25) is 0 Å². The minimum absolute atomic E-state index is 0.0655. The van der Waals surface area contributed by atoms with Crippen molar-refractivity contribution >= 4 is 17.7 Å². The summed E-state index contributed by atoms with van der Waals surface area (Å²) in [5.41, 5.74) is -0.431. The molecule has 1 saturated carbocycles. The van der Waals surface area contributed by atoms with Gasteiger partial charge in [-0.3, -0.25) is 4.79 Å². The molecular weight excluding hydrogens is 234 g/mol. The van der Waals surface area contributed by atoms with Gasteiger partial charge in [0.05, 0.1) is 6.61 Å². The van der Waals surface area contributed by atoms with Crippen LogP contribution in [0.3, 0.4) is 0 Å². The molecule has 0 bridgehead atoms. The molecule has 2 unspecified atom stereocenters. The molecule has 0 heterocycles. The zero-order valence-corrected chi connectivity index (χ0v) is 12.1. The van der Waals surface area contributed by atoms with Crippen molar-refractivity contribution in [1.82, 2.24) is 5.32 Å². The first-order valence-corrected chi connectivity index (χ1v) is 7.71. The van der Waals surface area contributed by atoms with Crippen molar-refractivity contribution in [2.24, 2.45) is 0 Å². The molecule has 0 aromatic heterocycles. The minimum atomic E-state index is -0.431. The molecule has 3 nitrogen and oxygen atoms in total. The summed E-state index contributed by atoms with van der Waals surface area (Å²) < 4.78 is 5.22. The molecule has 0 spiro atoms. The van der Waals surface area contributed by atoms with Gasteiger partial charge in [0.1, 0.15) is 5.54 Å². The van der Waals surface area contributed by atoms with E-state index in [0.29, 0.717) is 11.9 Å². The molecule has 1 fully saturated rings. The van der Waals surface area contributed by atoms with Crippen molar-refractivity contribution in [1.29, 1.82) is 0 Å². The van der Waals surface area contributed by atoms with E-state index in [0.717, 1.165) is 19.3 Å². The minimum Gasteiger partial charge on any atom is -0.465 e. The van der Waals surface area contributed by atoms with Crippen LogP contribution in [0, 0.1) is 0 Å². The fourth-order valence-corrected chi connectivity index (χ4v) is 3.74. The van der Waals surface area contributed by atoms with Crippen LogP contribution in [0.15, 0.2) is 0 Å². The predicted molar refractivity (Wildman–Crippen MR) is 73.4 cm³/mol. The summed E-state index contributed by atoms with van der Waals surface area (Å²) in [6, 6.07) is 0. The zero-order valence-electron chi connectivity index (χ0n) is 11.3.